The number of piperazine rings is 1. The molecule has 0 unspecified atom stereocenters. The van der Waals surface area contributed by atoms with Crippen LogP contribution in [0.1, 0.15) is 21.4 Å². The van der Waals surface area contributed by atoms with E-state index in [2.05, 4.69) is 20.4 Å². The van der Waals surface area contributed by atoms with E-state index in [0.29, 0.717) is 26.2 Å². The van der Waals surface area contributed by atoms with Crippen LogP contribution in [0.15, 0.2) is 21.6 Å². The van der Waals surface area contributed by atoms with Gasteiger partial charge in [0.25, 0.3) is 0 Å². The Morgan fingerprint density at radius 3 is 1.55 bits per heavy atom. The van der Waals surface area contributed by atoms with Crippen molar-refractivity contribution >= 4 is 11.8 Å². The van der Waals surface area contributed by atoms with Gasteiger partial charge in [-0.05, 0) is 0 Å². The lowest BCUT2D eigenvalue weighted by Crippen LogP contribution is -2.50. The molecule has 0 N–H and O–H groups in total. The van der Waals surface area contributed by atoms with E-state index < -0.39 is 0 Å². The molecule has 10 heteroatoms. The average Bonchev–Trinajstić information content (AvgIpc) is 3.18. The van der Waals surface area contributed by atoms with Gasteiger partial charge in [0.05, 0.1) is 0 Å². The summed E-state index contributed by atoms with van der Waals surface area (Å²) < 4.78 is 9.71. The maximum atomic E-state index is 12.0. The van der Waals surface area contributed by atoms with Gasteiger partial charge >= 0.3 is 23.6 Å². The van der Waals surface area contributed by atoms with Crippen LogP contribution in [0.3, 0.4) is 0 Å². The summed E-state index contributed by atoms with van der Waals surface area (Å²) in [5.74, 6) is -0.789. The van der Waals surface area contributed by atoms with Gasteiger partial charge < -0.3 is 18.6 Å². The van der Waals surface area contributed by atoms with Crippen LogP contribution in [0.5, 0.6) is 0 Å². The van der Waals surface area contributed by atoms with E-state index in [1.54, 1.807) is 9.80 Å². The van der Waals surface area contributed by atoms with E-state index in [0.717, 1.165) is 12.8 Å². The SMILES string of the molecule is O=C(c1nnco1)N1CCN(C(=O)c2nnco2)CC1. The van der Waals surface area contributed by atoms with E-state index in [1.165, 1.54) is 0 Å². The number of hydrogen-bond acceptors (Lipinski definition) is 8. The maximum absolute atomic E-state index is 12.0. The van der Waals surface area contributed by atoms with E-state index in [-0.39, 0.29) is 23.6 Å². The molecule has 3 rings (SSSR count). The second kappa shape index (κ2) is 5.07. The van der Waals surface area contributed by atoms with Gasteiger partial charge in [0.2, 0.25) is 12.8 Å². The molecule has 1 fully saturated rings. The first-order valence-corrected chi connectivity index (χ1v) is 5.86. The fraction of sp³-hybridized carbons (Fsp3) is 0.400. The number of aromatic nitrogens is 4. The van der Waals surface area contributed by atoms with Crippen LogP contribution < -0.4 is 0 Å². The van der Waals surface area contributed by atoms with Gasteiger partial charge in [0, 0.05) is 26.2 Å². The molecular formula is C10H10N6O4. The summed E-state index contributed by atoms with van der Waals surface area (Å²) in [6.07, 6.45) is 2.20. The molecule has 2 amide bonds. The van der Waals surface area contributed by atoms with Gasteiger partial charge in [-0.1, -0.05) is 0 Å². The minimum atomic E-state index is -0.340. The lowest BCUT2D eigenvalue weighted by atomic mass is 10.3. The van der Waals surface area contributed by atoms with Crippen LogP contribution in [0.4, 0.5) is 0 Å². The number of hydrogen-bond donors (Lipinski definition) is 0. The topological polar surface area (TPSA) is 118 Å². The third-order valence-electron chi connectivity index (χ3n) is 2.94. The summed E-state index contributed by atoms with van der Waals surface area (Å²) in [5.41, 5.74) is 0. The zero-order valence-electron chi connectivity index (χ0n) is 10.3. The quantitative estimate of drug-likeness (QED) is 0.689. The highest BCUT2D eigenvalue weighted by Gasteiger charge is 2.29. The molecular weight excluding hydrogens is 268 g/mol. The maximum Gasteiger partial charge on any atom is 0.311 e. The molecule has 0 saturated carbocycles. The number of amides is 2. The molecule has 0 spiro atoms. The Balaban J connectivity index is 1.60. The zero-order valence-corrected chi connectivity index (χ0v) is 10.3. The molecule has 1 saturated heterocycles. The third-order valence-corrected chi connectivity index (χ3v) is 2.94. The minimum Gasteiger partial charge on any atom is -0.420 e. The van der Waals surface area contributed by atoms with Crippen molar-refractivity contribution in [2.75, 3.05) is 26.2 Å². The van der Waals surface area contributed by atoms with Crippen LogP contribution in [-0.2, 0) is 0 Å². The first-order valence-electron chi connectivity index (χ1n) is 5.86. The van der Waals surface area contributed by atoms with E-state index in [1.807, 2.05) is 0 Å². The second-order valence-electron chi connectivity index (χ2n) is 4.07. The average molecular weight is 278 g/mol. The molecule has 3 heterocycles. The highest BCUT2D eigenvalue weighted by atomic mass is 16.4. The first-order chi connectivity index (χ1) is 9.75. The second-order valence-corrected chi connectivity index (χ2v) is 4.07. The van der Waals surface area contributed by atoms with Gasteiger partial charge in [-0.3, -0.25) is 9.59 Å². The highest BCUT2D eigenvalue weighted by molar-refractivity contribution is 5.91. The highest BCUT2D eigenvalue weighted by Crippen LogP contribution is 2.09. The smallest absolute Gasteiger partial charge is 0.311 e. The van der Waals surface area contributed by atoms with Gasteiger partial charge in [-0.2, -0.15) is 0 Å². The van der Waals surface area contributed by atoms with E-state index >= 15 is 0 Å². The van der Waals surface area contributed by atoms with E-state index in [4.69, 9.17) is 8.83 Å². The van der Waals surface area contributed by atoms with Gasteiger partial charge in [-0.15, -0.1) is 20.4 Å². The molecule has 2 aromatic heterocycles. The number of carbonyl (C=O) groups excluding carboxylic acids is 2. The Labute approximate surface area is 112 Å². The van der Waals surface area contributed by atoms with Crippen molar-refractivity contribution in [3.05, 3.63) is 24.6 Å². The summed E-state index contributed by atoms with van der Waals surface area (Å²) in [6.45, 7) is 1.50. The third kappa shape index (κ3) is 2.22. The summed E-state index contributed by atoms with van der Waals surface area (Å²) in [5, 5.41) is 14.0. The van der Waals surface area contributed by atoms with Crippen molar-refractivity contribution in [2.24, 2.45) is 0 Å². The Hall–Kier alpha value is -2.78. The van der Waals surface area contributed by atoms with Crippen molar-refractivity contribution < 1.29 is 18.4 Å². The van der Waals surface area contributed by atoms with Crippen LogP contribution in [0, 0.1) is 0 Å². The standard InChI is InChI=1S/C10H10N6O4/c17-9(7-13-11-5-19-7)15-1-2-16(4-3-15)10(18)8-14-12-6-20-8/h5-6H,1-4H2. The van der Waals surface area contributed by atoms with Gasteiger partial charge in [0.15, 0.2) is 0 Å². The van der Waals surface area contributed by atoms with Crippen molar-refractivity contribution in [3.63, 3.8) is 0 Å². The number of carbonyl (C=O) groups is 2. The summed E-state index contributed by atoms with van der Waals surface area (Å²) >= 11 is 0. The molecule has 0 bridgehead atoms. The largest absolute Gasteiger partial charge is 0.420 e. The Bertz CT molecular complexity index is 533. The van der Waals surface area contributed by atoms with Crippen molar-refractivity contribution in [1.82, 2.24) is 30.2 Å². The van der Waals surface area contributed by atoms with Gasteiger partial charge in [-0.25, -0.2) is 0 Å². The molecule has 1 aliphatic rings. The number of rotatable bonds is 2. The first kappa shape index (κ1) is 12.3. The lowest BCUT2D eigenvalue weighted by Gasteiger charge is -2.33. The molecule has 20 heavy (non-hydrogen) atoms. The fourth-order valence-electron chi connectivity index (χ4n) is 1.92. The molecule has 0 aromatic carbocycles. The Morgan fingerprint density at radius 1 is 0.850 bits per heavy atom. The number of nitrogens with zero attached hydrogens (tertiary/aromatic N) is 6. The van der Waals surface area contributed by atoms with Crippen LogP contribution in [-0.4, -0.2) is 68.2 Å². The molecule has 104 valence electrons. The van der Waals surface area contributed by atoms with Crippen molar-refractivity contribution in [1.29, 1.82) is 0 Å². The van der Waals surface area contributed by atoms with Crippen molar-refractivity contribution in [3.8, 4) is 0 Å². The molecule has 2 aromatic rings. The summed E-state index contributed by atoms with van der Waals surface area (Å²) in [7, 11) is 0. The minimum absolute atomic E-state index is 0.0540. The monoisotopic (exact) mass is 278 g/mol. The van der Waals surface area contributed by atoms with Gasteiger partial charge in [0.1, 0.15) is 0 Å². The van der Waals surface area contributed by atoms with Crippen LogP contribution in [0.2, 0.25) is 0 Å². The molecule has 0 aliphatic carbocycles. The normalized spacial score (nSPS) is 15.4. The Morgan fingerprint density at radius 2 is 1.25 bits per heavy atom. The fourth-order valence-corrected chi connectivity index (χ4v) is 1.92. The predicted molar refractivity (Wildman–Crippen MR) is 60.4 cm³/mol. The van der Waals surface area contributed by atoms with E-state index in [9.17, 15) is 9.59 Å². The van der Waals surface area contributed by atoms with Crippen LogP contribution >= 0.6 is 0 Å². The summed E-state index contributed by atoms with van der Waals surface area (Å²) in [6, 6.07) is 0. The Kier molecular flexibility index (Phi) is 3.11. The molecule has 10 nitrogen and oxygen atoms in total. The summed E-state index contributed by atoms with van der Waals surface area (Å²) in [4.78, 5) is 27.0. The zero-order chi connectivity index (χ0) is 13.9. The predicted octanol–water partition coefficient (Wildman–Crippen LogP) is -0.949. The van der Waals surface area contributed by atoms with Crippen molar-refractivity contribution in [2.45, 2.75) is 0 Å². The van der Waals surface area contributed by atoms with Crippen LogP contribution in [0.25, 0.3) is 0 Å². The lowest BCUT2D eigenvalue weighted by molar-refractivity contribution is 0.0493. The molecule has 1 aliphatic heterocycles. The molecule has 0 atom stereocenters. The molecule has 0 radical (unpaired) electrons.